The van der Waals surface area contributed by atoms with Crippen molar-refractivity contribution in [2.45, 2.75) is 82.8 Å². The second kappa shape index (κ2) is 10.8. The molecule has 8 nitrogen and oxygen atoms in total. The SMILES string of the molecule is C[C@@H]1COCCN1Cc1cc(C(F)(F)F)c2cn(C3CCCC([C@@H](C4CCC4)C4NNCN4C)C3)c(=O)n2c1. The summed E-state index contributed by atoms with van der Waals surface area (Å²) in [6, 6.07) is 1.24. The molecule has 11 heteroatoms. The number of hydrogen-bond acceptors (Lipinski definition) is 6. The van der Waals surface area contributed by atoms with Crippen LogP contribution in [0.5, 0.6) is 0 Å². The number of alkyl halides is 3. The van der Waals surface area contributed by atoms with E-state index in [1.807, 2.05) is 6.92 Å². The van der Waals surface area contributed by atoms with Crippen molar-refractivity contribution in [1.82, 2.24) is 29.6 Å². The lowest BCUT2D eigenvalue weighted by atomic mass is 9.65. The highest BCUT2D eigenvalue weighted by molar-refractivity contribution is 5.56. The summed E-state index contributed by atoms with van der Waals surface area (Å²) in [6.45, 7) is 4.92. The third kappa shape index (κ3) is 5.28. The molecule has 0 spiro atoms. The molecular formula is C28H41F3N6O2. The molecule has 4 aliphatic rings. The van der Waals surface area contributed by atoms with Gasteiger partial charge in [-0.2, -0.15) is 13.2 Å². The van der Waals surface area contributed by atoms with E-state index in [2.05, 4.69) is 27.7 Å². The van der Waals surface area contributed by atoms with E-state index in [1.165, 1.54) is 35.9 Å². The third-order valence-corrected chi connectivity index (χ3v) is 9.78. The Morgan fingerprint density at radius 2 is 1.90 bits per heavy atom. The molecule has 2 saturated carbocycles. The molecule has 2 aromatic rings. The number of rotatable bonds is 6. The summed E-state index contributed by atoms with van der Waals surface area (Å²) in [5.41, 5.74) is 6.09. The van der Waals surface area contributed by atoms with Crippen molar-refractivity contribution in [3.05, 3.63) is 40.1 Å². The zero-order valence-electron chi connectivity index (χ0n) is 22.9. The van der Waals surface area contributed by atoms with Gasteiger partial charge in [0.15, 0.2) is 0 Å². The predicted molar refractivity (Wildman–Crippen MR) is 142 cm³/mol. The van der Waals surface area contributed by atoms with Crippen LogP contribution in [0.4, 0.5) is 13.2 Å². The zero-order valence-corrected chi connectivity index (χ0v) is 22.9. The van der Waals surface area contributed by atoms with E-state index < -0.39 is 11.7 Å². The van der Waals surface area contributed by atoms with Gasteiger partial charge < -0.3 is 4.74 Å². The van der Waals surface area contributed by atoms with Crippen molar-refractivity contribution in [3.63, 3.8) is 0 Å². The molecule has 4 heterocycles. The molecule has 216 valence electrons. The predicted octanol–water partition coefficient (Wildman–Crippen LogP) is 3.81. The van der Waals surface area contributed by atoms with Gasteiger partial charge >= 0.3 is 11.9 Å². The lowest BCUT2D eigenvalue weighted by Crippen LogP contribution is -2.50. The van der Waals surface area contributed by atoms with Gasteiger partial charge in [-0.05, 0) is 62.6 Å². The Morgan fingerprint density at radius 3 is 2.56 bits per heavy atom. The van der Waals surface area contributed by atoms with Gasteiger partial charge in [0.1, 0.15) is 0 Å². The average molecular weight is 551 g/mol. The standard InChI is InChI=1S/C28H41F3N6O2/c1-18-16-39-10-9-35(18)13-19-11-23(28(29,30)31)24-15-36(27(38)37(24)14-19)22-8-4-7-21(12-22)25(20-5-3-6-20)26-33-32-17-34(26)2/h11,14-15,18,20-22,25-26,32-33H,3-10,12-13,16-17H2,1-2H3/t18-,21?,22?,25-,26?/m1/s1. The maximum atomic E-state index is 14.3. The Labute approximate surface area is 227 Å². The summed E-state index contributed by atoms with van der Waals surface area (Å²) in [5, 5.41) is 0. The fraction of sp³-hybridized carbons (Fsp3) is 0.750. The van der Waals surface area contributed by atoms with Gasteiger partial charge in [0.25, 0.3) is 0 Å². The van der Waals surface area contributed by atoms with Crippen LogP contribution in [0.25, 0.3) is 5.52 Å². The first-order valence-corrected chi connectivity index (χ1v) is 14.5. The van der Waals surface area contributed by atoms with E-state index in [-0.39, 0.29) is 29.5 Å². The van der Waals surface area contributed by atoms with Crippen molar-refractivity contribution < 1.29 is 17.9 Å². The number of halogens is 3. The molecule has 2 saturated heterocycles. The summed E-state index contributed by atoms with van der Waals surface area (Å²) in [4.78, 5) is 18.1. The highest BCUT2D eigenvalue weighted by Crippen LogP contribution is 2.47. The second-order valence-corrected chi connectivity index (χ2v) is 12.3. The van der Waals surface area contributed by atoms with Crippen LogP contribution in [-0.4, -0.2) is 64.5 Å². The number of ether oxygens (including phenoxy) is 1. The number of nitrogens with zero attached hydrogens (tertiary/aromatic N) is 4. The Bertz CT molecular complexity index is 1220. The number of hydrazine groups is 1. The van der Waals surface area contributed by atoms with E-state index >= 15 is 0 Å². The minimum Gasteiger partial charge on any atom is -0.379 e. The van der Waals surface area contributed by atoms with Gasteiger partial charge in [0.2, 0.25) is 0 Å². The molecule has 39 heavy (non-hydrogen) atoms. The molecule has 0 aromatic carbocycles. The van der Waals surface area contributed by atoms with Crippen LogP contribution >= 0.6 is 0 Å². The number of imidazole rings is 1. The van der Waals surface area contributed by atoms with Crippen LogP contribution < -0.4 is 16.5 Å². The lowest BCUT2D eigenvalue weighted by Gasteiger charge is -2.46. The first-order valence-electron chi connectivity index (χ1n) is 14.5. The first kappa shape index (κ1) is 27.3. The monoisotopic (exact) mass is 550 g/mol. The topological polar surface area (TPSA) is 66.2 Å². The van der Waals surface area contributed by atoms with Gasteiger partial charge in [-0.1, -0.05) is 25.7 Å². The molecule has 6 rings (SSSR count). The maximum Gasteiger partial charge on any atom is 0.418 e. The van der Waals surface area contributed by atoms with E-state index in [0.717, 1.165) is 32.4 Å². The summed E-state index contributed by atoms with van der Waals surface area (Å²) < 4.78 is 51.2. The molecule has 0 bridgehead atoms. The summed E-state index contributed by atoms with van der Waals surface area (Å²) >= 11 is 0. The van der Waals surface area contributed by atoms with Crippen LogP contribution in [0, 0.1) is 17.8 Å². The number of hydrogen-bond donors (Lipinski definition) is 2. The van der Waals surface area contributed by atoms with Crippen LogP contribution in [0.3, 0.4) is 0 Å². The molecule has 0 radical (unpaired) electrons. The Morgan fingerprint density at radius 1 is 1.13 bits per heavy atom. The molecule has 3 unspecified atom stereocenters. The third-order valence-electron chi connectivity index (χ3n) is 9.78. The molecule has 2 aromatic heterocycles. The molecular weight excluding hydrogens is 509 g/mol. The highest BCUT2D eigenvalue weighted by atomic mass is 19.4. The van der Waals surface area contributed by atoms with Crippen molar-refractivity contribution in [2.75, 3.05) is 33.5 Å². The fourth-order valence-electron chi connectivity index (χ4n) is 7.47. The van der Waals surface area contributed by atoms with Crippen LogP contribution in [0.15, 0.2) is 23.3 Å². The van der Waals surface area contributed by atoms with E-state index in [9.17, 15) is 18.0 Å². The van der Waals surface area contributed by atoms with Gasteiger partial charge in [-0.3, -0.25) is 18.8 Å². The highest BCUT2D eigenvalue weighted by Gasteiger charge is 2.44. The van der Waals surface area contributed by atoms with Crippen molar-refractivity contribution in [2.24, 2.45) is 17.8 Å². The quantitative estimate of drug-likeness (QED) is 0.571. The van der Waals surface area contributed by atoms with Crippen LogP contribution in [0.1, 0.15) is 69.0 Å². The van der Waals surface area contributed by atoms with Crippen molar-refractivity contribution in [1.29, 1.82) is 0 Å². The van der Waals surface area contributed by atoms with Crippen LogP contribution in [-0.2, 0) is 17.5 Å². The Balaban J connectivity index is 1.31. The Hall–Kier alpha value is -1.92. The molecule has 5 atom stereocenters. The number of fused-ring (bicyclic) bond motifs is 1. The summed E-state index contributed by atoms with van der Waals surface area (Å²) in [5.74, 6) is 1.53. The van der Waals surface area contributed by atoms with E-state index in [4.69, 9.17) is 4.74 Å². The largest absolute Gasteiger partial charge is 0.418 e. The van der Waals surface area contributed by atoms with Gasteiger partial charge in [-0.15, -0.1) is 0 Å². The van der Waals surface area contributed by atoms with Crippen molar-refractivity contribution >= 4 is 5.52 Å². The van der Waals surface area contributed by atoms with Crippen molar-refractivity contribution in [3.8, 4) is 0 Å². The lowest BCUT2D eigenvalue weighted by molar-refractivity contribution is -0.136. The number of morpholine rings is 1. The van der Waals surface area contributed by atoms with E-state index in [1.54, 1.807) is 10.8 Å². The smallest absolute Gasteiger partial charge is 0.379 e. The first-order chi connectivity index (χ1) is 18.7. The minimum atomic E-state index is -4.55. The second-order valence-electron chi connectivity index (χ2n) is 12.3. The van der Waals surface area contributed by atoms with Crippen LogP contribution in [0.2, 0.25) is 0 Å². The summed E-state index contributed by atoms with van der Waals surface area (Å²) in [6.07, 6.45) is 6.22. The molecule has 4 fully saturated rings. The molecule has 2 aliphatic carbocycles. The van der Waals surface area contributed by atoms with Gasteiger partial charge in [-0.25, -0.2) is 15.6 Å². The molecule has 2 aliphatic heterocycles. The molecule has 0 amide bonds. The normalized spacial score (nSPS) is 30.6. The van der Waals surface area contributed by atoms with E-state index in [0.29, 0.717) is 49.6 Å². The minimum absolute atomic E-state index is 0.0506. The van der Waals surface area contributed by atoms with Gasteiger partial charge in [0.05, 0.1) is 37.1 Å². The number of pyridine rings is 1. The molecule has 2 N–H and O–H groups in total. The fourth-order valence-corrected chi connectivity index (χ4v) is 7.47. The summed E-state index contributed by atoms with van der Waals surface area (Å²) in [7, 11) is 2.13. The number of aromatic nitrogens is 2. The Kier molecular flexibility index (Phi) is 7.56. The number of nitrogens with one attached hydrogen (secondary N) is 2. The maximum absolute atomic E-state index is 14.3. The van der Waals surface area contributed by atoms with Gasteiger partial charge in [0, 0.05) is 37.6 Å². The zero-order chi connectivity index (χ0) is 27.3. The average Bonchev–Trinajstić information content (AvgIpc) is 3.44.